The number of hydrogen-bond donors (Lipinski definition) is 1. The Hall–Kier alpha value is -2.18. The van der Waals surface area contributed by atoms with E-state index in [0.29, 0.717) is 17.6 Å². The fraction of sp³-hybridized carbons (Fsp3) is 0.538. The zero-order chi connectivity index (χ0) is 13.7. The number of anilines is 1. The zero-order valence-corrected chi connectivity index (χ0v) is 11.1. The minimum absolute atomic E-state index is 0.00283. The summed E-state index contributed by atoms with van der Waals surface area (Å²) in [4.78, 5) is 20.3. The topological polar surface area (TPSA) is 85.8 Å². The highest BCUT2D eigenvalue weighted by atomic mass is 16.5. The van der Waals surface area contributed by atoms with Crippen molar-refractivity contribution in [3.63, 3.8) is 0 Å². The fourth-order valence-corrected chi connectivity index (χ4v) is 2.71. The van der Waals surface area contributed by atoms with Gasteiger partial charge >= 0.3 is 6.01 Å². The van der Waals surface area contributed by atoms with E-state index >= 15 is 0 Å². The maximum atomic E-state index is 12.0. The minimum Gasteiger partial charge on any atom is -0.331 e. The van der Waals surface area contributed by atoms with Gasteiger partial charge in [-0.2, -0.15) is 4.98 Å². The molecule has 2 saturated carbocycles. The molecule has 0 radical (unpaired) electrons. The Morgan fingerprint density at radius 1 is 1.50 bits per heavy atom. The summed E-state index contributed by atoms with van der Waals surface area (Å²) in [6.45, 7) is 0. The number of carbonyl (C=O) groups is 1. The number of carbonyl (C=O) groups excluding carboxylic acids is 1. The highest BCUT2D eigenvalue weighted by molar-refractivity contribution is 5.92. The number of aryl methyl sites for hydroxylation is 1. The lowest BCUT2D eigenvalue weighted by Crippen LogP contribution is -2.15. The van der Waals surface area contributed by atoms with Gasteiger partial charge in [0, 0.05) is 25.4 Å². The lowest BCUT2D eigenvalue weighted by atomic mass is 10.2. The maximum Gasteiger partial charge on any atom is 0.328 e. The number of imidazole rings is 1. The lowest BCUT2D eigenvalue weighted by Gasteiger charge is -1.98. The van der Waals surface area contributed by atoms with Crippen molar-refractivity contribution in [1.82, 2.24) is 19.7 Å². The quantitative estimate of drug-likeness (QED) is 0.911. The van der Waals surface area contributed by atoms with Gasteiger partial charge < -0.3 is 9.09 Å². The summed E-state index contributed by atoms with van der Waals surface area (Å²) in [5.41, 5.74) is 0. The molecule has 1 N–H and O–H groups in total. The van der Waals surface area contributed by atoms with Crippen LogP contribution < -0.4 is 5.32 Å². The predicted octanol–water partition coefficient (Wildman–Crippen LogP) is 1.45. The molecule has 0 aromatic carbocycles. The van der Waals surface area contributed by atoms with Crippen molar-refractivity contribution < 1.29 is 9.32 Å². The molecule has 2 atom stereocenters. The molecule has 4 rings (SSSR count). The van der Waals surface area contributed by atoms with Gasteiger partial charge in [-0.05, 0) is 31.1 Å². The third-order valence-electron chi connectivity index (χ3n) is 4.08. The van der Waals surface area contributed by atoms with Gasteiger partial charge in [0.25, 0.3) is 0 Å². The summed E-state index contributed by atoms with van der Waals surface area (Å²) in [7, 11) is 1.85. The van der Waals surface area contributed by atoms with Gasteiger partial charge in [-0.15, -0.1) is 0 Å². The molecular weight excluding hydrogens is 258 g/mol. The van der Waals surface area contributed by atoms with Gasteiger partial charge in [0.2, 0.25) is 11.7 Å². The van der Waals surface area contributed by atoms with Crippen molar-refractivity contribution in [2.24, 2.45) is 24.8 Å². The van der Waals surface area contributed by atoms with Gasteiger partial charge in [-0.25, -0.2) is 4.98 Å². The first-order chi connectivity index (χ1) is 9.72. The van der Waals surface area contributed by atoms with Crippen LogP contribution in [0, 0.1) is 17.8 Å². The first-order valence-electron chi connectivity index (χ1n) is 6.84. The molecule has 0 spiro atoms. The average molecular weight is 273 g/mol. The Labute approximate surface area is 115 Å². The molecule has 2 aromatic heterocycles. The van der Waals surface area contributed by atoms with Crippen LogP contribution in [0.25, 0.3) is 11.6 Å². The molecule has 7 nitrogen and oxygen atoms in total. The lowest BCUT2D eigenvalue weighted by molar-refractivity contribution is -0.117. The SMILES string of the molecule is Cn1ccnc1-c1noc(NC(=O)[C@@H]2C[C@@H]2C2CC2)n1. The fourth-order valence-electron chi connectivity index (χ4n) is 2.71. The number of amides is 1. The molecule has 0 unspecified atom stereocenters. The molecule has 0 saturated heterocycles. The summed E-state index contributed by atoms with van der Waals surface area (Å²) in [6.07, 6.45) is 7.01. The second kappa shape index (κ2) is 4.16. The number of hydrogen-bond acceptors (Lipinski definition) is 5. The van der Waals surface area contributed by atoms with Crippen LogP contribution in [-0.2, 0) is 11.8 Å². The highest BCUT2D eigenvalue weighted by Crippen LogP contribution is 2.54. The Morgan fingerprint density at radius 2 is 2.35 bits per heavy atom. The van der Waals surface area contributed by atoms with Crippen LogP contribution in [0.2, 0.25) is 0 Å². The molecule has 0 bridgehead atoms. The van der Waals surface area contributed by atoms with Crippen molar-refractivity contribution in [3.05, 3.63) is 12.4 Å². The van der Waals surface area contributed by atoms with Gasteiger partial charge in [0.05, 0.1) is 0 Å². The number of nitrogens with zero attached hydrogens (tertiary/aromatic N) is 4. The number of rotatable bonds is 4. The van der Waals surface area contributed by atoms with Crippen molar-refractivity contribution in [1.29, 1.82) is 0 Å². The molecule has 2 aliphatic rings. The molecule has 2 fully saturated rings. The maximum absolute atomic E-state index is 12.0. The average Bonchev–Trinajstić information content (AvgIpc) is 3.31. The van der Waals surface area contributed by atoms with E-state index < -0.39 is 0 Å². The third-order valence-corrected chi connectivity index (χ3v) is 4.08. The van der Waals surface area contributed by atoms with E-state index in [4.69, 9.17) is 4.52 Å². The van der Waals surface area contributed by atoms with E-state index in [1.54, 1.807) is 17.0 Å². The molecule has 2 aliphatic carbocycles. The van der Waals surface area contributed by atoms with E-state index in [2.05, 4.69) is 20.4 Å². The molecule has 7 heteroatoms. The Bertz CT molecular complexity index is 657. The Balaban J connectivity index is 1.43. The van der Waals surface area contributed by atoms with Crippen LogP contribution in [0.5, 0.6) is 0 Å². The molecule has 0 aliphatic heterocycles. The monoisotopic (exact) mass is 273 g/mol. The van der Waals surface area contributed by atoms with E-state index in [0.717, 1.165) is 12.3 Å². The Kier molecular flexibility index (Phi) is 2.42. The first kappa shape index (κ1) is 11.6. The second-order valence-electron chi connectivity index (χ2n) is 5.62. The van der Waals surface area contributed by atoms with Gasteiger partial charge in [-0.3, -0.25) is 10.1 Å². The van der Waals surface area contributed by atoms with Crippen LogP contribution in [-0.4, -0.2) is 25.6 Å². The molecule has 20 heavy (non-hydrogen) atoms. The Morgan fingerprint density at radius 3 is 3.05 bits per heavy atom. The standard InChI is InChI=1S/C13H15N5O2/c1-18-5-4-14-11(18)10-15-13(20-17-10)16-12(19)9-6-8(9)7-2-3-7/h4-5,7-9H,2-3,6H2,1H3,(H,15,16,17,19)/t8-,9-/m1/s1. The van der Waals surface area contributed by atoms with Crippen LogP contribution in [0.1, 0.15) is 19.3 Å². The summed E-state index contributed by atoms with van der Waals surface area (Å²) in [5, 5.41) is 6.54. The van der Waals surface area contributed by atoms with Crippen molar-refractivity contribution in [2.45, 2.75) is 19.3 Å². The van der Waals surface area contributed by atoms with Gasteiger partial charge in [0.15, 0.2) is 5.82 Å². The smallest absolute Gasteiger partial charge is 0.328 e. The van der Waals surface area contributed by atoms with E-state index in [9.17, 15) is 4.79 Å². The van der Waals surface area contributed by atoms with Crippen LogP contribution >= 0.6 is 0 Å². The summed E-state index contributed by atoms with van der Waals surface area (Å²) in [5.74, 6) is 2.46. The summed E-state index contributed by atoms with van der Waals surface area (Å²) >= 11 is 0. The van der Waals surface area contributed by atoms with Crippen molar-refractivity contribution >= 4 is 11.9 Å². The van der Waals surface area contributed by atoms with E-state index in [-0.39, 0.29) is 17.8 Å². The van der Waals surface area contributed by atoms with Crippen LogP contribution in [0.4, 0.5) is 6.01 Å². The van der Waals surface area contributed by atoms with E-state index in [1.807, 2.05) is 7.05 Å². The molecule has 2 heterocycles. The predicted molar refractivity (Wildman–Crippen MR) is 69.5 cm³/mol. The summed E-state index contributed by atoms with van der Waals surface area (Å²) in [6, 6.07) is 0.148. The number of nitrogens with one attached hydrogen (secondary N) is 1. The molecular formula is C13H15N5O2. The molecule has 1 amide bonds. The first-order valence-corrected chi connectivity index (χ1v) is 6.84. The van der Waals surface area contributed by atoms with Crippen molar-refractivity contribution in [3.8, 4) is 11.6 Å². The third kappa shape index (κ3) is 1.99. The zero-order valence-electron chi connectivity index (χ0n) is 11.1. The summed E-state index contributed by atoms with van der Waals surface area (Å²) < 4.78 is 6.85. The largest absolute Gasteiger partial charge is 0.331 e. The number of aromatic nitrogens is 4. The van der Waals surface area contributed by atoms with Gasteiger partial charge in [0.1, 0.15) is 0 Å². The van der Waals surface area contributed by atoms with Crippen molar-refractivity contribution in [2.75, 3.05) is 5.32 Å². The molecule has 2 aromatic rings. The normalized spacial score (nSPS) is 24.6. The minimum atomic E-state index is -0.00283. The second-order valence-corrected chi connectivity index (χ2v) is 5.62. The molecule has 104 valence electrons. The van der Waals surface area contributed by atoms with E-state index in [1.165, 1.54) is 12.8 Å². The van der Waals surface area contributed by atoms with Crippen LogP contribution in [0.3, 0.4) is 0 Å². The highest BCUT2D eigenvalue weighted by Gasteiger charge is 2.51. The van der Waals surface area contributed by atoms with Crippen LogP contribution in [0.15, 0.2) is 16.9 Å². The van der Waals surface area contributed by atoms with Gasteiger partial charge in [-0.1, -0.05) is 5.16 Å².